The van der Waals surface area contributed by atoms with Crippen LogP contribution in [0.1, 0.15) is 20.9 Å². The SMILES string of the molecule is CN(C)c1cccc(C(=O)NNC(=O)CNC(=O)c2ccc(Br)o2)c1. The largest absolute Gasteiger partial charge is 0.444 e. The number of rotatable bonds is 5. The number of amides is 3. The summed E-state index contributed by atoms with van der Waals surface area (Å²) in [5, 5.41) is 2.38. The van der Waals surface area contributed by atoms with Crippen LogP contribution in [0.15, 0.2) is 45.5 Å². The number of hydrazine groups is 1. The number of anilines is 1. The van der Waals surface area contributed by atoms with Gasteiger partial charge in [0.1, 0.15) is 0 Å². The van der Waals surface area contributed by atoms with Gasteiger partial charge < -0.3 is 14.6 Å². The highest BCUT2D eigenvalue weighted by molar-refractivity contribution is 9.10. The lowest BCUT2D eigenvalue weighted by atomic mass is 10.2. The number of nitrogens with zero attached hydrogens (tertiary/aromatic N) is 1. The van der Waals surface area contributed by atoms with Gasteiger partial charge in [0.15, 0.2) is 10.4 Å². The second-order valence-corrected chi connectivity index (χ2v) is 6.02. The van der Waals surface area contributed by atoms with Crippen LogP contribution >= 0.6 is 15.9 Å². The highest BCUT2D eigenvalue weighted by atomic mass is 79.9. The second kappa shape index (κ2) is 8.34. The number of halogens is 1. The lowest BCUT2D eigenvalue weighted by molar-refractivity contribution is -0.120. The van der Waals surface area contributed by atoms with Gasteiger partial charge in [-0.1, -0.05) is 6.07 Å². The molecule has 9 heteroatoms. The van der Waals surface area contributed by atoms with Crippen molar-refractivity contribution in [1.29, 1.82) is 0 Å². The third-order valence-corrected chi connectivity index (χ3v) is 3.57. The fraction of sp³-hybridized carbons (Fsp3) is 0.188. The minimum absolute atomic E-state index is 0.0733. The molecule has 2 aromatic rings. The smallest absolute Gasteiger partial charge is 0.287 e. The molecule has 0 unspecified atom stereocenters. The first kappa shape index (κ1) is 18.5. The van der Waals surface area contributed by atoms with Crippen molar-refractivity contribution in [1.82, 2.24) is 16.2 Å². The Morgan fingerprint density at radius 1 is 1.08 bits per heavy atom. The molecule has 3 amide bonds. The van der Waals surface area contributed by atoms with E-state index in [4.69, 9.17) is 4.42 Å². The maximum atomic E-state index is 12.0. The summed E-state index contributed by atoms with van der Waals surface area (Å²) in [5.74, 6) is -1.50. The van der Waals surface area contributed by atoms with Crippen LogP contribution in [-0.4, -0.2) is 38.4 Å². The van der Waals surface area contributed by atoms with E-state index in [1.165, 1.54) is 6.07 Å². The van der Waals surface area contributed by atoms with Crippen LogP contribution < -0.4 is 21.1 Å². The normalized spacial score (nSPS) is 10.0. The van der Waals surface area contributed by atoms with E-state index in [2.05, 4.69) is 32.1 Å². The van der Waals surface area contributed by atoms with Gasteiger partial charge in [0.2, 0.25) is 0 Å². The van der Waals surface area contributed by atoms with E-state index in [9.17, 15) is 14.4 Å². The molecule has 0 aliphatic carbocycles. The first-order valence-corrected chi connectivity index (χ1v) is 8.06. The number of benzene rings is 1. The van der Waals surface area contributed by atoms with Crippen molar-refractivity contribution in [2.24, 2.45) is 0 Å². The van der Waals surface area contributed by atoms with Gasteiger partial charge in [-0.15, -0.1) is 0 Å². The number of carbonyl (C=O) groups excluding carboxylic acids is 3. The molecular weight excluding hydrogens is 392 g/mol. The third kappa shape index (κ3) is 5.35. The van der Waals surface area contributed by atoms with Crippen molar-refractivity contribution in [2.75, 3.05) is 25.5 Å². The first-order chi connectivity index (χ1) is 11.9. The van der Waals surface area contributed by atoms with Gasteiger partial charge in [0.25, 0.3) is 17.7 Å². The zero-order valence-corrected chi connectivity index (χ0v) is 15.2. The second-order valence-electron chi connectivity index (χ2n) is 5.23. The molecule has 0 spiro atoms. The van der Waals surface area contributed by atoms with Crippen LogP contribution in [0.2, 0.25) is 0 Å². The Kier molecular flexibility index (Phi) is 6.18. The van der Waals surface area contributed by atoms with E-state index in [-0.39, 0.29) is 12.3 Å². The highest BCUT2D eigenvalue weighted by Crippen LogP contribution is 2.14. The summed E-state index contributed by atoms with van der Waals surface area (Å²) in [6.45, 7) is -0.310. The van der Waals surface area contributed by atoms with E-state index < -0.39 is 17.7 Å². The van der Waals surface area contributed by atoms with Crippen LogP contribution in [-0.2, 0) is 4.79 Å². The van der Waals surface area contributed by atoms with Crippen molar-refractivity contribution in [3.8, 4) is 0 Å². The van der Waals surface area contributed by atoms with Gasteiger partial charge in [0.05, 0.1) is 6.54 Å². The Labute approximate surface area is 152 Å². The molecular formula is C16H17BrN4O4. The highest BCUT2D eigenvalue weighted by Gasteiger charge is 2.13. The summed E-state index contributed by atoms with van der Waals surface area (Å²) in [6.07, 6.45) is 0. The zero-order chi connectivity index (χ0) is 18.4. The van der Waals surface area contributed by atoms with Gasteiger partial charge in [-0.25, -0.2) is 0 Å². The van der Waals surface area contributed by atoms with E-state index in [0.717, 1.165) is 5.69 Å². The quantitative estimate of drug-likeness (QED) is 0.646. The molecule has 3 N–H and O–H groups in total. The lowest BCUT2D eigenvalue weighted by Gasteiger charge is -2.13. The van der Waals surface area contributed by atoms with Crippen LogP contribution in [0, 0.1) is 0 Å². The number of hydrogen-bond acceptors (Lipinski definition) is 5. The Bertz CT molecular complexity index is 788. The molecule has 1 heterocycles. The Morgan fingerprint density at radius 3 is 2.48 bits per heavy atom. The van der Waals surface area contributed by atoms with Gasteiger partial charge in [-0.05, 0) is 46.3 Å². The van der Waals surface area contributed by atoms with Gasteiger partial charge in [0, 0.05) is 25.3 Å². The molecule has 132 valence electrons. The summed E-state index contributed by atoms with van der Waals surface area (Å²) in [4.78, 5) is 37.3. The maximum Gasteiger partial charge on any atom is 0.287 e. The van der Waals surface area contributed by atoms with Crippen LogP contribution in [0.3, 0.4) is 0 Å². The fourth-order valence-corrected chi connectivity index (χ4v) is 2.16. The van der Waals surface area contributed by atoms with E-state index >= 15 is 0 Å². The standard InChI is InChI=1S/C16H17BrN4O4/c1-21(2)11-5-3-4-10(8-11)15(23)20-19-14(22)9-18-16(24)12-6-7-13(17)25-12/h3-8H,9H2,1-2H3,(H,18,24)(H,19,22)(H,20,23). The van der Waals surface area contributed by atoms with Crippen molar-refractivity contribution in [3.63, 3.8) is 0 Å². The molecule has 0 fully saturated rings. The minimum Gasteiger partial charge on any atom is -0.444 e. The molecule has 25 heavy (non-hydrogen) atoms. The van der Waals surface area contributed by atoms with Crippen molar-refractivity contribution < 1.29 is 18.8 Å². The summed E-state index contributed by atoms with van der Waals surface area (Å²) < 4.78 is 5.47. The molecule has 0 aliphatic heterocycles. The number of nitrogens with one attached hydrogen (secondary N) is 3. The van der Waals surface area contributed by atoms with Crippen LogP contribution in [0.4, 0.5) is 5.69 Å². The average Bonchev–Trinajstić information content (AvgIpc) is 3.04. The molecule has 8 nitrogen and oxygen atoms in total. The molecule has 2 rings (SSSR count). The van der Waals surface area contributed by atoms with Crippen molar-refractivity contribution >= 4 is 39.3 Å². The van der Waals surface area contributed by atoms with E-state index in [1.807, 2.05) is 25.1 Å². The molecule has 0 saturated carbocycles. The Balaban J connectivity index is 1.80. The Morgan fingerprint density at radius 2 is 1.84 bits per heavy atom. The predicted octanol–water partition coefficient (Wildman–Crippen LogP) is 1.30. The summed E-state index contributed by atoms with van der Waals surface area (Å²) >= 11 is 3.08. The molecule has 0 aliphatic rings. The summed E-state index contributed by atoms with van der Waals surface area (Å²) in [7, 11) is 3.72. The molecule has 1 aromatic heterocycles. The zero-order valence-electron chi connectivity index (χ0n) is 13.6. The van der Waals surface area contributed by atoms with Crippen molar-refractivity contribution in [2.45, 2.75) is 0 Å². The molecule has 0 radical (unpaired) electrons. The van der Waals surface area contributed by atoms with Crippen LogP contribution in [0.25, 0.3) is 0 Å². The van der Waals surface area contributed by atoms with E-state index in [0.29, 0.717) is 10.2 Å². The van der Waals surface area contributed by atoms with Crippen molar-refractivity contribution in [3.05, 3.63) is 52.4 Å². The topological polar surface area (TPSA) is 104 Å². The number of furan rings is 1. The minimum atomic E-state index is -0.573. The molecule has 0 bridgehead atoms. The van der Waals surface area contributed by atoms with E-state index in [1.54, 1.807) is 24.3 Å². The fourth-order valence-electron chi connectivity index (χ4n) is 1.85. The van der Waals surface area contributed by atoms with Gasteiger partial charge >= 0.3 is 0 Å². The molecule has 1 aromatic carbocycles. The maximum absolute atomic E-state index is 12.0. The lowest BCUT2D eigenvalue weighted by Crippen LogP contribution is -2.46. The average molecular weight is 409 g/mol. The van der Waals surface area contributed by atoms with Crippen LogP contribution in [0.5, 0.6) is 0 Å². The molecule has 0 atom stereocenters. The monoisotopic (exact) mass is 408 g/mol. The third-order valence-electron chi connectivity index (χ3n) is 3.15. The predicted molar refractivity (Wildman–Crippen MR) is 95.1 cm³/mol. The first-order valence-electron chi connectivity index (χ1n) is 7.27. The summed E-state index contributed by atoms with van der Waals surface area (Å²) in [5.41, 5.74) is 5.78. The Hall–Kier alpha value is -2.81. The van der Waals surface area contributed by atoms with Gasteiger partial charge in [-0.2, -0.15) is 0 Å². The number of carbonyl (C=O) groups is 3. The number of hydrogen-bond donors (Lipinski definition) is 3. The molecule has 0 saturated heterocycles. The van der Waals surface area contributed by atoms with Gasteiger partial charge in [-0.3, -0.25) is 25.2 Å². The summed E-state index contributed by atoms with van der Waals surface area (Å²) in [6, 6.07) is 9.96.